The summed E-state index contributed by atoms with van der Waals surface area (Å²) < 4.78 is 0. The van der Waals surface area contributed by atoms with Crippen LogP contribution in [0.5, 0.6) is 0 Å². The zero-order valence-electron chi connectivity index (χ0n) is 16.0. The summed E-state index contributed by atoms with van der Waals surface area (Å²) in [6.07, 6.45) is 0. The highest BCUT2D eigenvalue weighted by molar-refractivity contribution is 6.45. The minimum absolute atomic E-state index is 0.192. The molecule has 2 aromatic carbocycles. The molecule has 28 heavy (non-hydrogen) atoms. The predicted octanol–water partition coefficient (Wildman–Crippen LogP) is 4.34. The van der Waals surface area contributed by atoms with Gasteiger partial charge < -0.3 is 15.0 Å². The normalized spacial score (nSPS) is 11.9. The summed E-state index contributed by atoms with van der Waals surface area (Å²) in [5.74, 6) is -0.338. The SMILES string of the molecule is CNC(=O)/C(=N/OC)c1cc(CO/N=C(\C)c2cc(Cl)cc(Cl)c2)ccc1C. The van der Waals surface area contributed by atoms with Gasteiger partial charge in [-0.15, -0.1) is 0 Å². The molecule has 0 aliphatic heterocycles. The minimum Gasteiger partial charge on any atom is -0.398 e. The number of nitrogens with zero attached hydrogens (tertiary/aromatic N) is 2. The van der Waals surface area contributed by atoms with Crippen LogP contribution >= 0.6 is 23.2 Å². The number of likely N-dealkylation sites (N-methyl/N-ethyl adjacent to an activating group) is 1. The number of hydrogen-bond acceptors (Lipinski definition) is 5. The van der Waals surface area contributed by atoms with Crippen molar-refractivity contribution in [3.63, 3.8) is 0 Å². The summed E-state index contributed by atoms with van der Waals surface area (Å²) >= 11 is 12.0. The number of oxime groups is 2. The number of nitrogens with one attached hydrogen (secondary N) is 1. The summed E-state index contributed by atoms with van der Waals surface area (Å²) in [4.78, 5) is 22.4. The molecule has 0 saturated carbocycles. The van der Waals surface area contributed by atoms with Gasteiger partial charge >= 0.3 is 0 Å². The Bertz CT molecular complexity index is 907. The third-order valence-corrected chi connectivity index (χ3v) is 4.33. The van der Waals surface area contributed by atoms with E-state index >= 15 is 0 Å². The third-order valence-electron chi connectivity index (χ3n) is 3.89. The molecule has 0 saturated heterocycles. The van der Waals surface area contributed by atoms with E-state index in [2.05, 4.69) is 15.6 Å². The van der Waals surface area contributed by atoms with Gasteiger partial charge in [-0.05, 0) is 49.2 Å². The highest BCUT2D eigenvalue weighted by Crippen LogP contribution is 2.20. The Hall–Kier alpha value is -2.57. The van der Waals surface area contributed by atoms with Gasteiger partial charge in [0.25, 0.3) is 5.91 Å². The number of hydrogen-bond donors (Lipinski definition) is 1. The molecule has 1 amide bonds. The first-order chi connectivity index (χ1) is 13.3. The molecule has 0 heterocycles. The molecule has 8 heteroatoms. The Morgan fingerprint density at radius 1 is 1.11 bits per heavy atom. The summed E-state index contributed by atoms with van der Waals surface area (Å²) in [6.45, 7) is 3.91. The van der Waals surface area contributed by atoms with Crippen molar-refractivity contribution in [3.05, 3.63) is 68.7 Å². The van der Waals surface area contributed by atoms with Gasteiger partial charge in [-0.2, -0.15) is 0 Å². The maximum Gasteiger partial charge on any atom is 0.273 e. The molecule has 2 aromatic rings. The van der Waals surface area contributed by atoms with Crippen molar-refractivity contribution in [2.45, 2.75) is 20.5 Å². The van der Waals surface area contributed by atoms with Crippen LogP contribution in [0.25, 0.3) is 0 Å². The second kappa shape index (κ2) is 10.1. The molecule has 0 unspecified atom stereocenters. The molecule has 0 atom stereocenters. The first-order valence-corrected chi connectivity index (χ1v) is 9.17. The molecule has 0 bridgehead atoms. The molecule has 6 nitrogen and oxygen atoms in total. The maximum atomic E-state index is 12.1. The van der Waals surface area contributed by atoms with Gasteiger partial charge in [-0.3, -0.25) is 4.79 Å². The molecular formula is C20H21Cl2N3O3. The highest BCUT2D eigenvalue weighted by Gasteiger charge is 2.16. The van der Waals surface area contributed by atoms with E-state index < -0.39 is 0 Å². The lowest BCUT2D eigenvalue weighted by atomic mass is 10.0. The number of aryl methyl sites for hydroxylation is 1. The van der Waals surface area contributed by atoms with E-state index in [1.807, 2.05) is 25.1 Å². The van der Waals surface area contributed by atoms with Crippen molar-refractivity contribution < 1.29 is 14.5 Å². The van der Waals surface area contributed by atoms with Crippen LogP contribution < -0.4 is 5.32 Å². The van der Waals surface area contributed by atoms with Crippen LogP contribution in [0.1, 0.15) is 29.2 Å². The Morgan fingerprint density at radius 2 is 1.79 bits per heavy atom. The molecule has 0 aliphatic carbocycles. The lowest BCUT2D eigenvalue weighted by Crippen LogP contribution is -2.29. The van der Waals surface area contributed by atoms with Crippen molar-refractivity contribution in [1.29, 1.82) is 0 Å². The fourth-order valence-corrected chi connectivity index (χ4v) is 2.98. The summed E-state index contributed by atoms with van der Waals surface area (Å²) in [6, 6.07) is 10.8. The molecule has 1 N–H and O–H groups in total. The second-order valence-corrected chi connectivity index (χ2v) is 6.83. The van der Waals surface area contributed by atoms with Gasteiger partial charge in [-0.1, -0.05) is 45.6 Å². The van der Waals surface area contributed by atoms with Gasteiger partial charge in [0, 0.05) is 28.2 Å². The molecular weight excluding hydrogens is 401 g/mol. The van der Waals surface area contributed by atoms with Crippen LogP contribution in [-0.4, -0.2) is 31.5 Å². The van der Waals surface area contributed by atoms with Crippen molar-refractivity contribution >= 4 is 40.5 Å². The average Bonchev–Trinajstić information content (AvgIpc) is 2.66. The fraction of sp³-hybridized carbons (Fsp3) is 0.250. The molecule has 0 fully saturated rings. The first kappa shape index (κ1) is 21.7. The van der Waals surface area contributed by atoms with E-state index in [0.29, 0.717) is 21.3 Å². The molecule has 148 valence electrons. The topological polar surface area (TPSA) is 72.3 Å². The van der Waals surface area contributed by atoms with Crippen LogP contribution in [-0.2, 0) is 21.1 Å². The monoisotopic (exact) mass is 421 g/mol. The van der Waals surface area contributed by atoms with E-state index in [9.17, 15) is 4.79 Å². The van der Waals surface area contributed by atoms with Gasteiger partial charge in [0.2, 0.25) is 0 Å². The molecule has 0 radical (unpaired) electrons. The number of rotatable bonds is 7. The van der Waals surface area contributed by atoms with Crippen molar-refractivity contribution in [3.8, 4) is 0 Å². The highest BCUT2D eigenvalue weighted by atomic mass is 35.5. The van der Waals surface area contributed by atoms with Crippen LogP contribution in [0.15, 0.2) is 46.7 Å². The van der Waals surface area contributed by atoms with Crippen LogP contribution in [0.4, 0.5) is 0 Å². The van der Waals surface area contributed by atoms with Crippen molar-refractivity contribution in [2.75, 3.05) is 14.2 Å². The predicted molar refractivity (Wildman–Crippen MR) is 112 cm³/mol. The number of amides is 1. The number of carbonyl (C=O) groups excluding carboxylic acids is 1. The Morgan fingerprint density at radius 3 is 2.39 bits per heavy atom. The molecule has 2 rings (SSSR count). The van der Waals surface area contributed by atoms with Crippen LogP contribution in [0.2, 0.25) is 10.0 Å². The second-order valence-electron chi connectivity index (χ2n) is 5.96. The number of benzene rings is 2. The number of halogens is 2. The Kier molecular flexibility index (Phi) is 7.84. The maximum absolute atomic E-state index is 12.1. The minimum atomic E-state index is -0.338. The van der Waals surface area contributed by atoms with Crippen molar-refractivity contribution in [1.82, 2.24) is 5.32 Å². The van der Waals surface area contributed by atoms with E-state index in [-0.39, 0.29) is 18.2 Å². The summed E-state index contributed by atoms with van der Waals surface area (Å²) in [7, 11) is 2.93. The Balaban J connectivity index is 2.19. The molecule has 0 spiro atoms. The fourth-order valence-electron chi connectivity index (χ4n) is 2.46. The summed E-state index contributed by atoms with van der Waals surface area (Å²) in [5.41, 5.74) is 3.98. The first-order valence-electron chi connectivity index (χ1n) is 8.42. The average molecular weight is 422 g/mol. The van der Waals surface area contributed by atoms with Gasteiger partial charge in [0.15, 0.2) is 5.71 Å². The Labute approximate surface area is 174 Å². The van der Waals surface area contributed by atoms with E-state index in [4.69, 9.17) is 32.9 Å². The van der Waals surface area contributed by atoms with Gasteiger partial charge in [-0.25, -0.2) is 0 Å². The standard InChI is InChI=1S/C20H21Cl2N3O3/c1-12-5-6-14(7-18(12)19(25-27-4)20(26)23-3)11-28-24-13(2)15-8-16(21)10-17(22)9-15/h5-10H,11H2,1-4H3,(H,23,26)/b24-13+,25-19+. The zero-order chi connectivity index (χ0) is 20.7. The van der Waals surface area contributed by atoms with Crippen LogP contribution in [0, 0.1) is 6.92 Å². The lowest BCUT2D eigenvalue weighted by molar-refractivity contribution is -0.114. The van der Waals surface area contributed by atoms with Gasteiger partial charge in [0.1, 0.15) is 13.7 Å². The number of carbonyl (C=O) groups is 1. The molecule has 0 aliphatic rings. The quantitative estimate of drug-likeness (QED) is 0.533. The van der Waals surface area contributed by atoms with Crippen molar-refractivity contribution in [2.24, 2.45) is 10.3 Å². The van der Waals surface area contributed by atoms with E-state index in [1.54, 1.807) is 25.1 Å². The third kappa shape index (κ3) is 5.71. The van der Waals surface area contributed by atoms with E-state index in [0.717, 1.165) is 16.7 Å². The largest absolute Gasteiger partial charge is 0.398 e. The van der Waals surface area contributed by atoms with E-state index in [1.165, 1.54) is 14.2 Å². The summed E-state index contributed by atoms with van der Waals surface area (Å²) in [5, 5.41) is 11.6. The zero-order valence-corrected chi connectivity index (χ0v) is 17.6. The van der Waals surface area contributed by atoms with Crippen LogP contribution in [0.3, 0.4) is 0 Å². The lowest BCUT2D eigenvalue weighted by Gasteiger charge is -2.10. The molecule has 0 aromatic heterocycles. The van der Waals surface area contributed by atoms with Gasteiger partial charge in [0.05, 0.1) is 5.71 Å². The smallest absolute Gasteiger partial charge is 0.273 e.